The molecule has 1 heterocycles. The molecule has 0 bridgehead atoms. The molecule has 7 heteroatoms. The van der Waals surface area contributed by atoms with E-state index >= 15 is 0 Å². The highest BCUT2D eigenvalue weighted by atomic mass is 16.2. The van der Waals surface area contributed by atoms with Gasteiger partial charge in [-0.25, -0.2) is 4.98 Å². The third-order valence-corrected chi connectivity index (χ3v) is 3.50. The SMILES string of the molecule is CC(=O)Nc1ccc(NC(=O)c2c(C)nc(C(C)(C)C)[nH]c2=O)cc1. The summed E-state index contributed by atoms with van der Waals surface area (Å²) in [5.41, 5.74) is 0.705. The maximum absolute atomic E-state index is 12.4. The monoisotopic (exact) mass is 342 g/mol. The lowest BCUT2D eigenvalue weighted by atomic mass is 9.95. The largest absolute Gasteiger partial charge is 0.326 e. The van der Waals surface area contributed by atoms with Crippen molar-refractivity contribution in [2.75, 3.05) is 10.6 Å². The molecule has 1 aromatic heterocycles. The predicted octanol–water partition coefficient (Wildman–Crippen LogP) is 2.59. The van der Waals surface area contributed by atoms with Crippen LogP contribution in [0.1, 0.15) is 49.6 Å². The second-order valence-electron chi connectivity index (χ2n) is 6.84. The lowest BCUT2D eigenvalue weighted by Crippen LogP contribution is -2.30. The van der Waals surface area contributed by atoms with Crippen LogP contribution in [0, 0.1) is 6.92 Å². The topological polar surface area (TPSA) is 104 Å². The number of nitrogens with zero attached hydrogens (tertiary/aromatic N) is 1. The summed E-state index contributed by atoms with van der Waals surface area (Å²) in [7, 11) is 0. The van der Waals surface area contributed by atoms with E-state index in [9.17, 15) is 14.4 Å². The van der Waals surface area contributed by atoms with Crippen molar-refractivity contribution < 1.29 is 9.59 Å². The summed E-state index contributed by atoms with van der Waals surface area (Å²) in [5, 5.41) is 5.31. The molecule has 0 saturated carbocycles. The van der Waals surface area contributed by atoms with E-state index in [1.807, 2.05) is 20.8 Å². The molecule has 2 amide bonds. The highest BCUT2D eigenvalue weighted by Gasteiger charge is 2.22. The molecule has 0 aliphatic rings. The number of nitrogens with one attached hydrogen (secondary N) is 3. The zero-order valence-corrected chi connectivity index (χ0v) is 15.0. The molecule has 2 rings (SSSR count). The molecule has 0 fully saturated rings. The van der Waals surface area contributed by atoms with Crippen molar-refractivity contribution >= 4 is 23.2 Å². The maximum Gasteiger partial charge on any atom is 0.264 e. The zero-order valence-electron chi connectivity index (χ0n) is 15.0. The fourth-order valence-electron chi connectivity index (χ4n) is 2.24. The number of rotatable bonds is 3. The summed E-state index contributed by atoms with van der Waals surface area (Å²) in [6, 6.07) is 6.61. The van der Waals surface area contributed by atoms with Crippen LogP contribution >= 0.6 is 0 Å². The number of aryl methyl sites for hydroxylation is 1. The fraction of sp³-hybridized carbons (Fsp3) is 0.333. The molecule has 0 spiro atoms. The highest BCUT2D eigenvalue weighted by Crippen LogP contribution is 2.18. The van der Waals surface area contributed by atoms with Gasteiger partial charge in [-0.15, -0.1) is 0 Å². The van der Waals surface area contributed by atoms with E-state index in [0.717, 1.165) is 0 Å². The van der Waals surface area contributed by atoms with Crippen LogP contribution in [-0.2, 0) is 10.2 Å². The van der Waals surface area contributed by atoms with Gasteiger partial charge in [-0.1, -0.05) is 20.8 Å². The van der Waals surface area contributed by atoms with Crippen molar-refractivity contribution in [1.82, 2.24) is 9.97 Å². The van der Waals surface area contributed by atoms with Crippen LogP contribution in [0.4, 0.5) is 11.4 Å². The smallest absolute Gasteiger partial charge is 0.264 e. The molecule has 0 atom stereocenters. The van der Waals surface area contributed by atoms with E-state index in [-0.39, 0.29) is 16.9 Å². The van der Waals surface area contributed by atoms with Crippen LogP contribution in [0.3, 0.4) is 0 Å². The minimum Gasteiger partial charge on any atom is -0.326 e. The second-order valence-corrected chi connectivity index (χ2v) is 6.84. The summed E-state index contributed by atoms with van der Waals surface area (Å²) < 4.78 is 0. The van der Waals surface area contributed by atoms with Gasteiger partial charge in [0.25, 0.3) is 11.5 Å². The van der Waals surface area contributed by atoms with Gasteiger partial charge in [0.15, 0.2) is 0 Å². The van der Waals surface area contributed by atoms with Gasteiger partial charge >= 0.3 is 0 Å². The minimum absolute atomic E-state index is 0.0149. The third kappa shape index (κ3) is 4.53. The molecular formula is C18H22N4O3. The molecular weight excluding hydrogens is 320 g/mol. The Morgan fingerprint density at radius 2 is 1.56 bits per heavy atom. The van der Waals surface area contributed by atoms with Crippen molar-refractivity contribution in [2.45, 2.75) is 40.0 Å². The van der Waals surface area contributed by atoms with Crippen molar-refractivity contribution in [2.24, 2.45) is 0 Å². The molecule has 2 aromatic rings. The molecule has 3 N–H and O–H groups in total. The van der Waals surface area contributed by atoms with E-state index in [1.165, 1.54) is 6.92 Å². The molecule has 0 unspecified atom stereocenters. The van der Waals surface area contributed by atoms with Crippen LogP contribution in [0.25, 0.3) is 0 Å². The Balaban J connectivity index is 2.24. The van der Waals surface area contributed by atoms with Gasteiger partial charge < -0.3 is 15.6 Å². The number of carbonyl (C=O) groups is 2. The Hall–Kier alpha value is -2.96. The number of hydrogen-bond acceptors (Lipinski definition) is 4. The van der Waals surface area contributed by atoms with Gasteiger partial charge in [-0.3, -0.25) is 14.4 Å². The first-order valence-electron chi connectivity index (χ1n) is 7.88. The minimum atomic E-state index is -0.529. The average Bonchev–Trinajstić information content (AvgIpc) is 2.47. The quantitative estimate of drug-likeness (QED) is 0.797. The number of hydrogen-bond donors (Lipinski definition) is 3. The summed E-state index contributed by atoms with van der Waals surface area (Å²) in [6.45, 7) is 8.85. The standard InChI is InChI=1S/C18H22N4O3/c1-10-14(16(25)22-17(19-10)18(3,4)5)15(24)21-13-8-6-12(7-9-13)20-11(2)23/h6-9H,1-5H3,(H,20,23)(H,21,24)(H,19,22,25). The summed E-state index contributed by atoms with van der Waals surface area (Å²) in [6.07, 6.45) is 0. The van der Waals surface area contributed by atoms with E-state index in [0.29, 0.717) is 22.9 Å². The van der Waals surface area contributed by atoms with Crippen LogP contribution < -0.4 is 16.2 Å². The van der Waals surface area contributed by atoms with Gasteiger partial charge in [0, 0.05) is 23.7 Å². The summed E-state index contributed by atoms with van der Waals surface area (Å²) in [4.78, 5) is 42.8. The number of H-pyrrole nitrogens is 1. The lowest BCUT2D eigenvalue weighted by molar-refractivity contribution is -0.114. The molecule has 132 valence electrons. The molecule has 0 aliphatic heterocycles. The van der Waals surface area contributed by atoms with E-state index in [4.69, 9.17) is 0 Å². The van der Waals surface area contributed by atoms with Crippen molar-refractivity contribution in [3.63, 3.8) is 0 Å². The molecule has 0 aliphatic carbocycles. The number of aromatic nitrogens is 2. The zero-order chi connectivity index (χ0) is 18.8. The Morgan fingerprint density at radius 3 is 2.00 bits per heavy atom. The lowest BCUT2D eigenvalue weighted by Gasteiger charge is -2.18. The van der Waals surface area contributed by atoms with Gasteiger partial charge in [-0.05, 0) is 31.2 Å². The number of anilines is 2. The Kier molecular flexibility index (Phi) is 5.06. The molecule has 0 radical (unpaired) electrons. The summed E-state index contributed by atoms with van der Waals surface area (Å²) >= 11 is 0. The van der Waals surface area contributed by atoms with Gasteiger partial charge in [0.1, 0.15) is 11.4 Å². The van der Waals surface area contributed by atoms with E-state index in [2.05, 4.69) is 20.6 Å². The first-order chi connectivity index (χ1) is 11.6. The maximum atomic E-state index is 12.4. The fourth-order valence-corrected chi connectivity index (χ4v) is 2.24. The number of amides is 2. The number of benzene rings is 1. The van der Waals surface area contributed by atoms with Gasteiger partial charge in [0.2, 0.25) is 5.91 Å². The second kappa shape index (κ2) is 6.88. The van der Waals surface area contributed by atoms with E-state index < -0.39 is 11.5 Å². The highest BCUT2D eigenvalue weighted by molar-refractivity contribution is 6.04. The summed E-state index contributed by atoms with van der Waals surface area (Å²) in [5.74, 6) is -0.172. The van der Waals surface area contributed by atoms with Crippen molar-refractivity contribution in [1.29, 1.82) is 0 Å². The normalized spacial score (nSPS) is 11.1. The Labute approximate surface area is 145 Å². The number of carbonyl (C=O) groups excluding carboxylic acids is 2. The van der Waals surface area contributed by atoms with Crippen LogP contribution in [0.5, 0.6) is 0 Å². The van der Waals surface area contributed by atoms with Crippen LogP contribution in [-0.4, -0.2) is 21.8 Å². The average molecular weight is 342 g/mol. The van der Waals surface area contributed by atoms with Crippen molar-refractivity contribution in [3.8, 4) is 0 Å². The molecule has 25 heavy (non-hydrogen) atoms. The van der Waals surface area contributed by atoms with Crippen LogP contribution in [0.15, 0.2) is 29.1 Å². The third-order valence-electron chi connectivity index (χ3n) is 3.50. The molecule has 7 nitrogen and oxygen atoms in total. The Bertz CT molecular complexity index is 861. The van der Waals surface area contributed by atoms with E-state index in [1.54, 1.807) is 31.2 Å². The van der Waals surface area contributed by atoms with Crippen LogP contribution in [0.2, 0.25) is 0 Å². The first-order valence-corrected chi connectivity index (χ1v) is 7.88. The van der Waals surface area contributed by atoms with Crippen molar-refractivity contribution in [3.05, 3.63) is 51.7 Å². The predicted molar refractivity (Wildman–Crippen MR) is 97.0 cm³/mol. The Morgan fingerprint density at radius 1 is 1.04 bits per heavy atom. The number of aromatic amines is 1. The molecule has 0 saturated heterocycles. The van der Waals surface area contributed by atoms with Gasteiger partial charge in [-0.2, -0.15) is 0 Å². The first kappa shape index (κ1) is 18.4. The molecule has 1 aromatic carbocycles. The van der Waals surface area contributed by atoms with Gasteiger partial charge in [0.05, 0.1) is 5.69 Å².